The molecule has 2 nitrogen and oxygen atoms in total. The number of hydrogen-bond donors (Lipinski definition) is 1. The average Bonchev–Trinajstić information content (AvgIpc) is 2.21. The Morgan fingerprint density at radius 3 is 2.46 bits per heavy atom. The molecule has 68 valence electrons. The highest BCUT2D eigenvalue weighted by Gasteiger charge is 1.90. The highest BCUT2D eigenvalue weighted by atomic mass is 14.7. The SMILES string of the molecule is CN.Cc1ccc2ccccc2n1. The minimum absolute atomic E-state index is 1.07. The van der Waals surface area contributed by atoms with Crippen LogP contribution in [0.15, 0.2) is 36.4 Å². The molecule has 0 unspecified atom stereocenters. The number of hydrogen-bond acceptors (Lipinski definition) is 2. The zero-order valence-electron chi connectivity index (χ0n) is 7.99. The van der Waals surface area contributed by atoms with Gasteiger partial charge in [-0.15, -0.1) is 0 Å². The molecule has 13 heavy (non-hydrogen) atoms. The zero-order valence-corrected chi connectivity index (χ0v) is 7.99. The maximum Gasteiger partial charge on any atom is 0.0705 e. The van der Waals surface area contributed by atoms with Crippen molar-refractivity contribution in [2.45, 2.75) is 6.92 Å². The highest BCUT2D eigenvalue weighted by molar-refractivity contribution is 5.78. The smallest absolute Gasteiger partial charge is 0.0705 e. The van der Waals surface area contributed by atoms with Crippen molar-refractivity contribution in [1.82, 2.24) is 4.98 Å². The van der Waals surface area contributed by atoms with E-state index >= 15 is 0 Å². The number of pyridine rings is 1. The molecule has 0 saturated carbocycles. The molecule has 2 heteroatoms. The molecule has 0 saturated heterocycles. The Morgan fingerprint density at radius 2 is 1.69 bits per heavy atom. The first-order valence-corrected chi connectivity index (χ1v) is 4.26. The number of fused-ring (bicyclic) bond motifs is 1. The van der Waals surface area contributed by atoms with Crippen LogP contribution in [0.2, 0.25) is 0 Å². The third-order valence-corrected chi connectivity index (χ3v) is 1.74. The lowest BCUT2D eigenvalue weighted by Crippen LogP contribution is -1.80. The van der Waals surface area contributed by atoms with Crippen molar-refractivity contribution < 1.29 is 0 Å². The van der Waals surface area contributed by atoms with E-state index in [0.717, 1.165) is 11.2 Å². The van der Waals surface area contributed by atoms with Gasteiger partial charge >= 0.3 is 0 Å². The normalized spacial score (nSPS) is 9.15. The first kappa shape index (κ1) is 9.68. The summed E-state index contributed by atoms with van der Waals surface area (Å²) in [5.74, 6) is 0. The van der Waals surface area contributed by atoms with Gasteiger partial charge in [-0.25, -0.2) is 0 Å². The second kappa shape index (κ2) is 4.58. The number of para-hydroxylation sites is 1. The van der Waals surface area contributed by atoms with Gasteiger partial charge in [0, 0.05) is 11.1 Å². The summed E-state index contributed by atoms with van der Waals surface area (Å²) in [6, 6.07) is 12.3. The van der Waals surface area contributed by atoms with Crippen LogP contribution in [0.1, 0.15) is 5.69 Å². The lowest BCUT2D eigenvalue weighted by atomic mass is 10.2. The summed E-state index contributed by atoms with van der Waals surface area (Å²) in [7, 11) is 1.50. The standard InChI is InChI=1S/C10H9N.CH5N/c1-8-6-7-9-4-2-3-5-10(9)11-8;1-2/h2-7H,1H3;2H2,1H3. The molecule has 0 fully saturated rings. The van der Waals surface area contributed by atoms with Gasteiger partial charge in [0.1, 0.15) is 0 Å². The van der Waals surface area contributed by atoms with E-state index < -0.39 is 0 Å². The van der Waals surface area contributed by atoms with E-state index in [0.29, 0.717) is 0 Å². The molecule has 1 aromatic carbocycles. The number of rotatable bonds is 0. The minimum atomic E-state index is 1.07. The summed E-state index contributed by atoms with van der Waals surface area (Å²) < 4.78 is 0. The summed E-state index contributed by atoms with van der Waals surface area (Å²) in [6.45, 7) is 2.01. The van der Waals surface area contributed by atoms with Crippen LogP contribution < -0.4 is 5.73 Å². The van der Waals surface area contributed by atoms with E-state index in [1.165, 1.54) is 12.4 Å². The summed E-state index contributed by atoms with van der Waals surface area (Å²) in [4.78, 5) is 4.38. The number of aromatic nitrogens is 1. The van der Waals surface area contributed by atoms with Crippen molar-refractivity contribution in [3.8, 4) is 0 Å². The van der Waals surface area contributed by atoms with E-state index in [9.17, 15) is 0 Å². The van der Waals surface area contributed by atoms with Crippen molar-refractivity contribution in [3.63, 3.8) is 0 Å². The second-order valence-corrected chi connectivity index (χ2v) is 2.65. The highest BCUT2D eigenvalue weighted by Crippen LogP contribution is 2.10. The van der Waals surface area contributed by atoms with Crippen LogP contribution in [-0.2, 0) is 0 Å². The number of nitrogens with zero attached hydrogens (tertiary/aromatic N) is 1. The van der Waals surface area contributed by atoms with E-state index in [1.807, 2.05) is 31.2 Å². The largest absolute Gasteiger partial charge is 0.333 e. The summed E-state index contributed by atoms with van der Waals surface area (Å²) in [5.41, 5.74) is 6.65. The minimum Gasteiger partial charge on any atom is -0.333 e. The van der Waals surface area contributed by atoms with Gasteiger partial charge in [0.25, 0.3) is 0 Å². The molecular weight excluding hydrogens is 160 g/mol. The fourth-order valence-corrected chi connectivity index (χ4v) is 1.17. The zero-order chi connectivity index (χ0) is 9.68. The van der Waals surface area contributed by atoms with Crippen LogP contribution in [0.25, 0.3) is 10.9 Å². The van der Waals surface area contributed by atoms with Crippen LogP contribution >= 0.6 is 0 Å². The van der Waals surface area contributed by atoms with Crippen molar-refractivity contribution in [2.24, 2.45) is 5.73 Å². The molecular formula is C11H14N2. The predicted octanol–water partition coefficient (Wildman–Crippen LogP) is 2.12. The average molecular weight is 174 g/mol. The van der Waals surface area contributed by atoms with Crippen molar-refractivity contribution in [3.05, 3.63) is 42.1 Å². The quantitative estimate of drug-likeness (QED) is 0.664. The maximum absolute atomic E-state index is 4.50. The predicted molar refractivity (Wildman–Crippen MR) is 56.6 cm³/mol. The molecule has 0 bridgehead atoms. The Balaban J connectivity index is 0.000000396. The van der Waals surface area contributed by atoms with Gasteiger partial charge in [-0.3, -0.25) is 4.98 Å². The van der Waals surface area contributed by atoms with Gasteiger partial charge in [-0.1, -0.05) is 24.3 Å². The van der Waals surface area contributed by atoms with Crippen molar-refractivity contribution in [2.75, 3.05) is 7.05 Å². The van der Waals surface area contributed by atoms with Crippen LogP contribution in [0.3, 0.4) is 0 Å². The Labute approximate surface area is 78.4 Å². The fraction of sp³-hybridized carbons (Fsp3) is 0.182. The molecule has 2 aromatic rings. The van der Waals surface area contributed by atoms with Gasteiger partial charge in [0.15, 0.2) is 0 Å². The molecule has 0 aliphatic carbocycles. The number of benzene rings is 1. The monoisotopic (exact) mass is 174 g/mol. The van der Waals surface area contributed by atoms with E-state index in [-0.39, 0.29) is 0 Å². The van der Waals surface area contributed by atoms with Gasteiger partial charge in [0.05, 0.1) is 5.52 Å². The first-order chi connectivity index (χ1) is 6.36. The summed E-state index contributed by atoms with van der Waals surface area (Å²) in [5, 5.41) is 1.21. The molecule has 0 amide bonds. The fourth-order valence-electron chi connectivity index (χ4n) is 1.17. The van der Waals surface area contributed by atoms with Crippen LogP contribution in [0, 0.1) is 6.92 Å². The summed E-state index contributed by atoms with van der Waals surface area (Å²) in [6.07, 6.45) is 0. The van der Waals surface area contributed by atoms with Gasteiger partial charge < -0.3 is 5.73 Å². The molecule has 0 aliphatic heterocycles. The lowest BCUT2D eigenvalue weighted by molar-refractivity contribution is 1.26. The molecule has 2 rings (SSSR count). The van der Waals surface area contributed by atoms with Crippen LogP contribution in [0.5, 0.6) is 0 Å². The van der Waals surface area contributed by atoms with Crippen LogP contribution in [0.4, 0.5) is 0 Å². The topological polar surface area (TPSA) is 38.9 Å². The Kier molecular flexibility index (Phi) is 3.41. The molecule has 1 heterocycles. The Morgan fingerprint density at radius 1 is 1.00 bits per heavy atom. The molecule has 1 aromatic heterocycles. The van der Waals surface area contributed by atoms with Gasteiger partial charge in [-0.05, 0) is 26.1 Å². The second-order valence-electron chi connectivity index (χ2n) is 2.65. The van der Waals surface area contributed by atoms with E-state index in [4.69, 9.17) is 0 Å². The van der Waals surface area contributed by atoms with E-state index in [1.54, 1.807) is 0 Å². The molecule has 0 radical (unpaired) electrons. The van der Waals surface area contributed by atoms with Crippen LogP contribution in [-0.4, -0.2) is 12.0 Å². The summed E-state index contributed by atoms with van der Waals surface area (Å²) >= 11 is 0. The number of nitrogens with two attached hydrogens (primary N) is 1. The molecule has 0 spiro atoms. The maximum atomic E-state index is 4.50. The molecule has 0 atom stereocenters. The third-order valence-electron chi connectivity index (χ3n) is 1.74. The lowest BCUT2D eigenvalue weighted by Gasteiger charge is -1.95. The van der Waals surface area contributed by atoms with Gasteiger partial charge in [0.2, 0.25) is 0 Å². The van der Waals surface area contributed by atoms with Crippen molar-refractivity contribution in [1.29, 1.82) is 0 Å². The van der Waals surface area contributed by atoms with E-state index in [2.05, 4.69) is 22.9 Å². The molecule has 2 N–H and O–H groups in total. The molecule has 0 aliphatic rings. The Hall–Kier alpha value is -1.41. The van der Waals surface area contributed by atoms with Gasteiger partial charge in [-0.2, -0.15) is 0 Å². The van der Waals surface area contributed by atoms with Crippen molar-refractivity contribution >= 4 is 10.9 Å². The Bertz CT molecular complexity index is 383. The number of aryl methyl sites for hydroxylation is 1. The third kappa shape index (κ3) is 2.26. The first-order valence-electron chi connectivity index (χ1n) is 4.26.